The zero-order chi connectivity index (χ0) is 21.9. The molecule has 0 heterocycles. The van der Waals surface area contributed by atoms with Crippen molar-refractivity contribution in [3.63, 3.8) is 0 Å². The Morgan fingerprint density at radius 1 is 0.900 bits per heavy atom. The van der Waals surface area contributed by atoms with E-state index in [1.54, 1.807) is 0 Å². The summed E-state index contributed by atoms with van der Waals surface area (Å²) in [6, 6.07) is 0. The summed E-state index contributed by atoms with van der Waals surface area (Å²) < 4.78 is 0. The van der Waals surface area contributed by atoms with E-state index in [1.165, 1.54) is 44.9 Å². The van der Waals surface area contributed by atoms with Gasteiger partial charge in [-0.25, -0.2) is 0 Å². The van der Waals surface area contributed by atoms with Crippen LogP contribution in [0.1, 0.15) is 105 Å². The third kappa shape index (κ3) is 3.41. The molecule has 0 saturated heterocycles. The summed E-state index contributed by atoms with van der Waals surface area (Å²) >= 11 is 0. The van der Waals surface area contributed by atoms with Crippen LogP contribution in [0.3, 0.4) is 0 Å². The molecule has 0 aliphatic heterocycles. The maximum Gasteiger partial charge on any atom is 0.0985 e. The van der Waals surface area contributed by atoms with Crippen molar-refractivity contribution in [1.82, 2.24) is 0 Å². The van der Waals surface area contributed by atoms with E-state index < -0.39 is 17.8 Å². The van der Waals surface area contributed by atoms with Crippen molar-refractivity contribution in [2.75, 3.05) is 0 Å². The van der Waals surface area contributed by atoms with Crippen molar-refractivity contribution in [2.45, 2.75) is 123 Å². The minimum atomic E-state index is -1.11. The molecule has 174 valence electrons. The predicted molar refractivity (Wildman–Crippen MR) is 122 cm³/mol. The Morgan fingerprint density at radius 3 is 2.33 bits per heavy atom. The van der Waals surface area contributed by atoms with Crippen LogP contribution < -0.4 is 0 Å². The van der Waals surface area contributed by atoms with Gasteiger partial charge in [-0.15, -0.1) is 0 Å². The molecule has 4 unspecified atom stereocenters. The Kier molecular flexibility index (Phi) is 6.17. The molecule has 0 radical (unpaired) electrons. The number of aliphatic hydroxyl groups excluding tert-OH is 2. The highest BCUT2D eigenvalue weighted by Crippen LogP contribution is 2.69. The van der Waals surface area contributed by atoms with Gasteiger partial charge in [0.15, 0.2) is 0 Å². The Morgan fingerprint density at radius 2 is 1.63 bits per heavy atom. The van der Waals surface area contributed by atoms with Crippen LogP contribution in [0.5, 0.6) is 0 Å². The first kappa shape index (κ1) is 23.1. The fraction of sp³-hybridized carbons (Fsp3) is 1.00. The summed E-state index contributed by atoms with van der Waals surface area (Å²) in [6.45, 7) is 12.0. The second kappa shape index (κ2) is 8.03. The van der Waals surface area contributed by atoms with E-state index in [0.717, 1.165) is 37.0 Å². The summed E-state index contributed by atoms with van der Waals surface area (Å²) in [4.78, 5) is 0. The first-order valence-electron chi connectivity index (χ1n) is 13.1. The molecule has 4 aliphatic rings. The molecule has 4 fully saturated rings. The maximum atomic E-state index is 11.6. The third-order valence-electron chi connectivity index (χ3n) is 11.0. The van der Waals surface area contributed by atoms with Gasteiger partial charge in [-0.05, 0) is 85.9 Å². The lowest BCUT2D eigenvalue weighted by atomic mass is 9.42. The third-order valence-corrected chi connectivity index (χ3v) is 11.0. The maximum absolute atomic E-state index is 11.6. The monoisotopic (exact) mass is 420 g/mol. The van der Waals surface area contributed by atoms with Gasteiger partial charge in [0.2, 0.25) is 0 Å². The summed E-state index contributed by atoms with van der Waals surface area (Å²) in [7, 11) is 0. The van der Waals surface area contributed by atoms with Gasteiger partial charge in [-0.1, -0.05) is 53.9 Å². The average molecular weight is 421 g/mol. The number of aliphatic hydroxyl groups is 3. The van der Waals surface area contributed by atoms with E-state index in [-0.39, 0.29) is 5.41 Å². The van der Waals surface area contributed by atoms with E-state index >= 15 is 0 Å². The highest BCUT2D eigenvalue weighted by molar-refractivity contribution is 5.17. The highest BCUT2D eigenvalue weighted by Gasteiger charge is 2.67. The first-order valence-corrected chi connectivity index (χ1v) is 13.1. The number of fused-ring (bicyclic) bond motifs is 5. The van der Waals surface area contributed by atoms with E-state index in [2.05, 4.69) is 34.6 Å². The molecule has 3 heteroatoms. The molecule has 0 aromatic rings. The van der Waals surface area contributed by atoms with Gasteiger partial charge in [0.05, 0.1) is 17.8 Å². The predicted octanol–water partition coefficient (Wildman–Crippen LogP) is 5.55. The van der Waals surface area contributed by atoms with Crippen LogP contribution in [-0.2, 0) is 0 Å². The summed E-state index contributed by atoms with van der Waals surface area (Å²) in [6.07, 6.45) is 10.7. The number of rotatable bonds is 5. The fourth-order valence-electron chi connectivity index (χ4n) is 9.29. The SMILES string of the molecule is CC(C)CCCC(C)[C@H]1CC[C@H]2[C@@H]3CC(O)C4(O)CC(O)CC[C@]4(C)[C@H]3CC[C@]12C. The van der Waals surface area contributed by atoms with Crippen LogP contribution in [0.15, 0.2) is 0 Å². The van der Waals surface area contributed by atoms with Crippen LogP contribution in [0.2, 0.25) is 0 Å². The molecular formula is C27H48O3. The topological polar surface area (TPSA) is 60.7 Å². The minimum Gasteiger partial charge on any atom is -0.393 e. The minimum absolute atomic E-state index is 0.253. The van der Waals surface area contributed by atoms with Crippen LogP contribution in [0, 0.1) is 46.3 Å². The Balaban J connectivity index is 1.53. The summed E-state index contributed by atoms with van der Waals surface area (Å²) in [5, 5.41) is 33.0. The van der Waals surface area contributed by atoms with Gasteiger partial charge in [0.1, 0.15) is 0 Å². The molecule has 0 aromatic heterocycles. The summed E-state index contributed by atoms with van der Waals surface area (Å²) in [5.74, 6) is 4.13. The van der Waals surface area contributed by atoms with Gasteiger partial charge in [-0.2, -0.15) is 0 Å². The molecule has 30 heavy (non-hydrogen) atoms. The largest absolute Gasteiger partial charge is 0.393 e. The van der Waals surface area contributed by atoms with Gasteiger partial charge in [-0.3, -0.25) is 0 Å². The second-order valence-electron chi connectivity index (χ2n) is 12.9. The van der Waals surface area contributed by atoms with Gasteiger partial charge in [0.25, 0.3) is 0 Å². The van der Waals surface area contributed by atoms with Crippen molar-refractivity contribution in [3.8, 4) is 0 Å². The van der Waals surface area contributed by atoms with Crippen LogP contribution in [-0.4, -0.2) is 33.1 Å². The lowest BCUT2D eigenvalue weighted by molar-refractivity contribution is -0.264. The molecular weight excluding hydrogens is 372 g/mol. The van der Waals surface area contributed by atoms with Crippen molar-refractivity contribution in [2.24, 2.45) is 46.3 Å². The summed E-state index contributed by atoms with van der Waals surface area (Å²) in [5.41, 5.74) is -0.962. The van der Waals surface area contributed by atoms with Crippen LogP contribution >= 0.6 is 0 Å². The normalized spacial score (nSPS) is 51.9. The van der Waals surface area contributed by atoms with Crippen molar-refractivity contribution in [3.05, 3.63) is 0 Å². The van der Waals surface area contributed by atoms with Gasteiger partial charge < -0.3 is 15.3 Å². The fourth-order valence-corrected chi connectivity index (χ4v) is 9.29. The molecule has 0 aromatic carbocycles. The molecule has 4 rings (SSSR count). The zero-order valence-corrected chi connectivity index (χ0v) is 20.2. The smallest absolute Gasteiger partial charge is 0.0985 e. The average Bonchev–Trinajstić information content (AvgIpc) is 3.01. The van der Waals surface area contributed by atoms with Crippen molar-refractivity contribution < 1.29 is 15.3 Å². The Bertz CT molecular complexity index is 619. The number of hydrogen-bond acceptors (Lipinski definition) is 3. The standard InChI is InChI=1S/C27H48O3/c1-17(2)7-6-8-18(3)21-9-10-22-20-15-24(29)27(30)16-19(28)11-14-26(27,5)23(20)12-13-25(21,22)4/h17-24,28-30H,6-16H2,1-5H3/t18?,19?,20-,21+,22-,23-,24?,25+,26+,27?/m0/s1. The molecule has 3 N–H and O–H groups in total. The van der Waals surface area contributed by atoms with Gasteiger partial charge >= 0.3 is 0 Å². The Hall–Kier alpha value is -0.120. The van der Waals surface area contributed by atoms with E-state index in [0.29, 0.717) is 29.6 Å². The van der Waals surface area contributed by atoms with Gasteiger partial charge in [0, 0.05) is 11.8 Å². The van der Waals surface area contributed by atoms with Crippen LogP contribution in [0.4, 0.5) is 0 Å². The molecule has 0 spiro atoms. The molecule has 10 atom stereocenters. The molecule has 4 aliphatic carbocycles. The number of hydrogen-bond donors (Lipinski definition) is 3. The Labute approximate surface area is 185 Å². The first-order chi connectivity index (χ1) is 14.0. The lowest BCUT2D eigenvalue weighted by Gasteiger charge is -2.65. The molecule has 0 amide bonds. The van der Waals surface area contributed by atoms with Crippen molar-refractivity contribution >= 4 is 0 Å². The zero-order valence-electron chi connectivity index (χ0n) is 20.2. The molecule has 0 bridgehead atoms. The highest BCUT2D eigenvalue weighted by atomic mass is 16.3. The van der Waals surface area contributed by atoms with Crippen LogP contribution in [0.25, 0.3) is 0 Å². The second-order valence-corrected chi connectivity index (χ2v) is 12.9. The lowest BCUT2D eigenvalue weighted by Crippen LogP contribution is -2.68. The van der Waals surface area contributed by atoms with E-state index in [4.69, 9.17) is 0 Å². The molecule has 4 saturated carbocycles. The van der Waals surface area contributed by atoms with E-state index in [1.807, 2.05) is 0 Å². The van der Waals surface area contributed by atoms with Crippen molar-refractivity contribution in [1.29, 1.82) is 0 Å². The quantitative estimate of drug-likeness (QED) is 0.546. The molecule has 3 nitrogen and oxygen atoms in total. The van der Waals surface area contributed by atoms with E-state index in [9.17, 15) is 15.3 Å².